The molecule has 0 aliphatic carbocycles. The largest absolute Gasteiger partial charge is 0.365 e. The van der Waals surface area contributed by atoms with Gasteiger partial charge in [-0.2, -0.15) is 0 Å². The van der Waals surface area contributed by atoms with Gasteiger partial charge < -0.3 is 15.5 Å². The number of benzene rings is 1. The van der Waals surface area contributed by atoms with Gasteiger partial charge in [-0.05, 0) is 51.7 Å². The Morgan fingerprint density at radius 3 is 2.80 bits per heavy atom. The third-order valence-corrected chi connectivity index (χ3v) is 3.91. The predicted molar refractivity (Wildman–Crippen MR) is 85.9 cm³/mol. The lowest BCUT2D eigenvalue weighted by atomic mass is 9.97. The lowest BCUT2D eigenvalue weighted by molar-refractivity contribution is 0.456. The number of anilines is 2. The second-order valence-corrected chi connectivity index (χ2v) is 6.75. The van der Waals surface area contributed by atoms with Gasteiger partial charge in [-0.15, -0.1) is 0 Å². The molecule has 0 spiro atoms. The number of nitrogens with zero attached hydrogens (tertiary/aromatic N) is 1. The average molecular weight is 271 g/mol. The second kappa shape index (κ2) is 4.72. The van der Waals surface area contributed by atoms with Gasteiger partial charge in [0, 0.05) is 12.1 Å². The highest BCUT2D eigenvalue weighted by Crippen LogP contribution is 2.41. The van der Waals surface area contributed by atoms with Gasteiger partial charge in [-0.1, -0.05) is 19.1 Å². The number of aryl methyl sites for hydroxylation is 1. The summed E-state index contributed by atoms with van der Waals surface area (Å²) in [5, 5.41) is 7.34. The first kappa shape index (κ1) is 13.3. The second-order valence-electron chi connectivity index (χ2n) is 6.75. The summed E-state index contributed by atoms with van der Waals surface area (Å²) >= 11 is 0. The van der Waals surface area contributed by atoms with Crippen molar-refractivity contribution in [2.75, 3.05) is 16.8 Å². The lowest BCUT2D eigenvalue weighted by Gasteiger charge is -2.42. The van der Waals surface area contributed by atoms with E-state index < -0.39 is 0 Å². The topological polar surface area (TPSA) is 27.3 Å². The highest BCUT2D eigenvalue weighted by Gasteiger charge is 2.30. The summed E-state index contributed by atoms with van der Waals surface area (Å²) in [4.78, 5) is 2.48. The van der Waals surface area contributed by atoms with Gasteiger partial charge in [0.05, 0.1) is 17.1 Å². The normalized spacial score (nSPS) is 17.7. The Balaban J connectivity index is 2.08. The Labute approximate surface area is 122 Å². The van der Waals surface area contributed by atoms with E-state index in [9.17, 15) is 0 Å². The molecule has 3 rings (SSSR count). The van der Waals surface area contributed by atoms with Crippen molar-refractivity contribution in [2.45, 2.75) is 52.5 Å². The third-order valence-electron chi connectivity index (χ3n) is 3.91. The van der Waals surface area contributed by atoms with Crippen LogP contribution in [0, 0.1) is 0 Å². The molecule has 3 heteroatoms. The minimum absolute atomic E-state index is 0.0708. The SMILES string of the molecule is CCC1=C(NC(C)(C)C)N2CCCc3cccc(c32)N1. The molecule has 0 radical (unpaired) electrons. The summed E-state index contributed by atoms with van der Waals surface area (Å²) < 4.78 is 0. The van der Waals surface area contributed by atoms with Crippen LogP contribution in [-0.4, -0.2) is 12.1 Å². The van der Waals surface area contributed by atoms with E-state index in [1.54, 1.807) is 0 Å². The van der Waals surface area contributed by atoms with E-state index >= 15 is 0 Å². The highest BCUT2D eigenvalue weighted by atomic mass is 15.3. The zero-order valence-corrected chi connectivity index (χ0v) is 13.0. The summed E-state index contributed by atoms with van der Waals surface area (Å²) in [6.07, 6.45) is 3.42. The fourth-order valence-corrected chi connectivity index (χ4v) is 3.11. The number of hydrogen-bond acceptors (Lipinski definition) is 3. The molecule has 2 aliphatic heterocycles. The van der Waals surface area contributed by atoms with Crippen LogP contribution in [0.25, 0.3) is 0 Å². The van der Waals surface area contributed by atoms with Gasteiger partial charge in [0.2, 0.25) is 0 Å². The molecule has 0 fully saturated rings. The molecule has 20 heavy (non-hydrogen) atoms. The molecule has 108 valence electrons. The van der Waals surface area contributed by atoms with E-state index in [-0.39, 0.29) is 5.54 Å². The average Bonchev–Trinajstić information content (AvgIpc) is 2.40. The van der Waals surface area contributed by atoms with Crippen molar-refractivity contribution in [3.05, 3.63) is 35.3 Å². The monoisotopic (exact) mass is 271 g/mol. The molecule has 0 unspecified atom stereocenters. The van der Waals surface area contributed by atoms with Crippen molar-refractivity contribution in [1.82, 2.24) is 5.32 Å². The number of rotatable bonds is 2. The zero-order chi connectivity index (χ0) is 14.3. The Hall–Kier alpha value is -1.64. The van der Waals surface area contributed by atoms with Gasteiger partial charge in [0.15, 0.2) is 0 Å². The van der Waals surface area contributed by atoms with E-state index in [0.717, 1.165) is 13.0 Å². The first-order valence-electron chi connectivity index (χ1n) is 7.67. The molecular weight excluding hydrogens is 246 g/mol. The van der Waals surface area contributed by atoms with Crippen LogP contribution in [-0.2, 0) is 6.42 Å². The molecule has 1 aromatic carbocycles. The molecule has 0 aromatic heterocycles. The molecule has 0 saturated carbocycles. The molecule has 2 heterocycles. The van der Waals surface area contributed by atoms with E-state index in [2.05, 4.69) is 61.4 Å². The molecule has 0 amide bonds. The number of para-hydroxylation sites is 1. The van der Waals surface area contributed by atoms with Gasteiger partial charge in [0.1, 0.15) is 5.82 Å². The Morgan fingerprint density at radius 2 is 2.10 bits per heavy atom. The fourth-order valence-electron chi connectivity index (χ4n) is 3.11. The first-order valence-corrected chi connectivity index (χ1v) is 7.67. The Kier molecular flexibility index (Phi) is 3.15. The van der Waals surface area contributed by atoms with Gasteiger partial charge >= 0.3 is 0 Å². The first-order chi connectivity index (χ1) is 9.49. The maximum atomic E-state index is 3.71. The van der Waals surface area contributed by atoms with Gasteiger partial charge in [0.25, 0.3) is 0 Å². The fraction of sp³-hybridized carbons (Fsp3) is 0.529. The number of hydrogen-bond donors (Lipinski definition) is 2. The summed E-state index contributed by atoms with van der Waals surface area (Å²) in [5.41, 5.74) is 5.47. The standard InChI is InChI=1S/C17H25N3/c1-5-13-16(19-17(2,3)4)20-11-7-9-12-8-6-10-14(18-13)15(12)20/h6,8,10,18-19H,5,7,9,11H2,1-4H3. The predicted octanol–water partition coefficient (Wildman–Crippen LogP) is 3.83. The molecule has 3 nitrogen and oxygen atoms in total. The maximum Gasteiger partial charge on any atom is 0.126 e. The van der Waals surface area contributed by atoms with Crippen LogP contribution in [0.2, 0.25) is 0 Å². The van der Waals surface area contributed by atoms with E-state index in [1.165, 1.54) is 41.3 Å². The summed E-state index contributed by atoms with van der Waals surface area (Å²) in [6.45, 7) is 9.98. The van der Waals surface area contributed by atoms with Crippen LogP contribution in [0.4, 0.5) is 11.4 Å². The molecule has 1 aromatic rings. The van der Waals surface area contributed by atoms with Crippen molar-refractivity contribution < 1.29 is 0 Å². The summed E-state index contributed by atoms with van der Waals surface area (Å²) in [5.74, 6) is 1.26. The van der Waals surface area contributed by atoms with E-state index in [4.69, 9.17) is 0 Å². The van der Waals surface area contributed by atoms with Crippen LogP contribution >= 0.6 is 0 Å². The van der Waals surface area contributed by atoms with E-state index in [0.29, 0.717) is 0 Å². The van der Waals surface area contributed by atoms with Crippen LogP contribution in [0.1, 0.15) is 46.1 Å². The Bertz CT molecular complexity index is 552. The molecular formula is C17H25N3. The highest BCUT2D eigenvalue weighted by molar-refractivity contribution is 5.81. The minimum Gasteiger partial charge on any atom is -0.365 e. The molecule has 2 N–H and O–H groups in total. The van der Waals surface area contributed by atoms with Crippen LogP contribution in [0.3, 0.4) is 0 Å². The number of allylic oxidation sites excluding steroid dienone is 1. The van der Waals surface area contributed by atoms with Gasteiger partial charge in [-0.3, -0.25) is 0 Å². The van der Waals surface area contributed by atoms with Gasteiger partial charge in [-0.25, -0.2) is 0 Å². The molecule has 0 saturated heterocycles. The third kappa shape index (κ3) is 2.26. The van der Waals surface area contributed by atoms with E-state index in [1.807, 2.05) is 0 Å². The van der Waals surface area contributed by atoms with Crippen molar-refractivity contribution >= 4 is 11.4 Å². The van der Waals surface area contributed by atoms with Crippen molar-refractivity contribution in [3.63, 3.8) is 0 Å². The van der Waals surface area contributed by atoms with Crippen molar-refractivity contribution in [1.29, 1.82) is 0 Å². The van der Waals surface area contributed by atoms with Crippen LogP contribution in [0.15, 0.2) is 29.7 Å². The quantitative estimate of drug-likeness (QED) is 0.856. The lowest BCUT2D eigenvalue weighted by Crippen LogP contribution is -2.47. The number of nitrogens with one attached hydrogen (secondary N) is 2. The van der Waals surface area contributed by atoms with Crippen molar-refractivity contribution in [2.24, 2.45) is 0 Å². The van der Waals surface area contributed by atoms with Crippen molar-refractivity contribution in [3.8, 4) is 0 Å². The molecule has 0 bridgehead atoms. The molecule has 0 atom stereocenters. The Morgan fingerprint density at radius 1 is 1.30 bits per heavy atom. The van der Waals surface area contributed by atoms with Crippen LogP contribution in [0.5, 0.6) is 0 Å². The van der Waals surface area contributed by atoms with Crippen LogP contribution < -0.4 is 15.5 Å². The zero-order valence-electron chi connectivity index (χ0n) is 13.0. The molecule has 2 aliphatic rings. The minimum atomic E-state index is 0.0708. The summed E-state index contributed by atoms with van der Waals surface area (Å²) in [6, 6.07) is 6.62. The maximum absolute atomic E-state index is 3.71. The smallest absolute Gasteiger partial charge is 0.126 e. The summed E-state index contributed by atoms with van der Waals surface area (Å²) in [7, 11) is 0.